The monoisotopic (exact) mass is 446 g/mol. The summed E-state index contributed by atoms with van der Waals surface area (Å²) in [6, 6.07) is 21.3. The Morgan fingerprint density at radius 2 is 1.59 bits per heavy atom. The van der Waals surface area contributed by atoms with Gasteiger partial charge >= 0.3 is 0 Å². The zero-order chi connectivity index (χ0) is 22.3. The van der Waals surface area contributed by atoms with E-state index in [1.165, 1.54) is 5.56 Å². The summed E-state index contributed by atoms with van der Waals surface area (Å²) >= 11 is 5.64. The molecule has 3 aromatic rings. The molecule has 4 rings (SSSR count). The normalized spacial score (nSPS) is 17.9. The highest BCUT2D eigenvalue weighted by Gasteiger charge is 2.22. The number of hydrogen-bond donors (Lipinski definition) is 3. The van der Waals surface area contributed by atoms with Gasteiger partial charge in [-0.1, -0.05) is 48.5 Å². The molecule has 6 nitrogen and oxygen atoms in total. The fourth-order valence-corrected chi connectivity index (χ4v) is 4.31. The number of hydrogen-bond acceptors (Lipinski definition) is 5. The molecular formula is C25H30N6S. The summed E-state index contributed by atoms with van der Waals surface area (Å²) in [5.41, 5.74) is 3.33. The van der Waals surface area contributed by atoms with Gasteiger partial charge < -0.3 is 20.9 Å². The maximum absolute atomic E-state index is 5.64. The van der Waals surface area contributed by atoms with Crippen LogP contribution in [-0.2, 0) is 0 Å². The number of nitrogens with one attached hydrogen (secondary N) is 3. The first-order valence-corrected chi connectivity index (χ1v) is 11.5. The summed E-state index contributed by atoms with van der Waals surface area (Å²) in [4.78, 5) is 10.9. The Kier molecular flexibility index (Phi) is 7.17. The van der Waals surface area contributed by atoms with E-state index in [2.05, 4.69) is 68.4 Å². The van der Waals surface area contributed by atoms with Crippen LogP contribution in [0.4, 0.5) is 17.5 Å². The van der Waals surface area contributed by atoms with Gasteiger partial charge in [0, 0.05) is 43.6 Å². The van der Waals surface area contributed by atoms with Crippen LogP contribution in [-0.4, -0.2) is 41.3 Å². The molecule has 0 amide bonds. The molecule has 1 aliphatic carbocycles. The average molecular weight is 447 g/mol. The van der Waals surface area contributed by atoms with Gasteiger partial charge in [0.25, 0.3) is 0 Å². The molecule has 1 aromatic heterocycles. The minimum absolute atomic E-state index is 0.367. The van der Waals surface area contributed by atoms with Gasteiger partial charge in [-0.05, 0) is 55.6 Å². The van der Waals surface area contributed by atoms with E-state index < -0.39 is 0 Å². The number of benzene rings is 2. The summed E-state index contributed by atoms with van der Waals surface area (Å²) in [5, 5.41) is 11.1. The van der Waals surface area contributed by atoms with Crippen LogP contribution in [0.1, 0.15) is 25.7 Å². The minimum atomic E-state index is 0.367. The number of rotatable bonds is 6. The Labute approximate surface area is 195 Å². The number of aromatic nitrogens is 2. The lowest BCUT2D eigenvalue weighted by Crippen LogP contribution is -2.42. The average Bonchev–Trinajstić information content (AvgIpc) is 2.81. The molecule has 0 spiro atoms. The molecule has 0 atom stereocenters. The standard InChI is InChI=1S/C25H30N6S/c1-31(2)23-16-17-26-24(30-23)27-19-12-14-20(15-13-19)28-25(32)29-22-11-7-6-10-21(22)18-8-4-3-5-9-18/h3-11,16-17,19-20H,12-15H2,1-2H3,(H,26,27,30)(H2,28,29,32). The van der Waals surface area contributed by atoms with Gasteiger partial charge in [-0.15, -0.1) is 0 Å². The molecule has 32 heavy (non-hydrogen) atoms. The number of anilines is 3. The number of thiocarbonyl (C=S) groups is 1. The molecule has 7 heteroatoms. The Morgan fingerprint density at radius 3 is 2.34 bits per heavy atom. The van der Waals surface area contributed by atoms with E-state index in [0.717, 1.165) is 42.8 Å². The van der Waals surface area contributed by atoms with Gasteiger partial charge in [0.2, 0.25) is 5.95 Å². The second kappa shape index (κ2) is 10.4. The summed E-state index contributed by atoms with van der Waals surface area (Å²) < 4.78 is 0. The summed E-state index contributed by atoms with van der Waals surface area (Å²) in [5.74, 6) is 1.60. The molecule has 0 radical (unpaired) electrons. The van der Waals surface area contributed by atoms with Crippen molar-refractivity contribution in [2.45, 2.75) is 37.8 Å². The van der Waals surface area contributed by atoms with Gasteiger partial charge in [-0.25, -0.2) is 4.98 Å². The second-order valence-electron chi connectivity index (χ2n) is 8.34. The SMILES string of the molecule is CN(C)c1ccnc(NC2CCC(NC(=S)Nc3ccccc3-c3ccccc3)CC2)n1. The van der Waals surface area contributed by atoms with Crippen LogP contribution >= 0.6 is 12.2 Å². The van der Waals surface area contributed by atoms with Crippen LogP contribution in [0.25, 0.3) is 11.1 Å². The van der Waals surface area contributed by atoms with Gasteiger partial charge in [0.1, 0.15) is 5.82 Å². The number of para-hydroxylation sites is 1. The predicted molar refractivity (Wildman–Crippen MR) is 137 cm³/mol. The van der Waals surface area contributed by atoms with Gasteiger partial charge in [0.15, 0.2) is 5.11 Å². The third kappa shape index (κ3) is 5.73. The summed E-state index contributed by atoms with van der Waals surface area (Å²) in [6.45, 7) is 0. The van der Waals surface area contributed by atoms with Crippen LogP contribution in [0.15, 0.2) is 66.9 Å². The van der Waals surface area contributed by atoms with Crippen molar-refractivity contribution in [2.24, 2.45) is 0 Å². The van der Waals surface area contributed by atoms with Crippen LogP contribution < -0.4 is 20.9 Å². The predicted octanol–water partition coefficient (Wildman–Crippen LogP) is 4.92. The second-order valence-corrected chi connectivity index (χ2v) is 8.74. The smallest absolute Gasteiger partial charge is 0.224 e. The molecule has 2 aromatic carbocycles. The van der Waals surface area contributed by atoms with Gasteiger partial charge in [-0.2, -0.15) is 4.98 Å². The van der Waals surface area contributed by atoms with Crippen LogP contribution in [0.2, 0.25) is 0 Å². The van der Waals surface area contributed by atoms with Crippen molar-refractivity contribution >= 4 is 34.8 Å². The summed E-state index contributed by atoms with van der Waals surface area (Å²) in [6.07, 6.45) is 6.00. The van der Waals surface area contributed by atoms with Crippen molar-refractivity contribution < 1.29 is 0 Å². The topological polar surface area (TPSA) is 65.1 Å². The maximum atomic E-state index is 5.64. The Hall–Kier alpha value is -3.19. The molecule has 1 saturated carbocycles. The van der Waals surface area contributed by atoms with Crippen LogP contribution in [0.5, 0.6) is 0 Å². The molecule has 0 bridgehead atoms. The molecule has 0 unspecified atom stereocenters. The molecule has 166 valence electrons. The van der Waals surface area contributed by atoms with Crippen LogP contribution in [0, 0.1) is 0 Å². The Morgan fingerprint density at radius 1 is 0.906 bits per heavy atom. The van der Waals surface area contributed by atoms with Crippen molar-refractivity contribution in [3.05, 3.63) is 66.9 Å². The van der Waals surface area contributed by atoms with Crippen molar-refractivity contribution in [2.75, 3.05) is 29.6 Å². The van der Waals surface area contributed by atoms with Crippen LogP contribution in [0.3, 0.4) is 0 Å². The highest BCUT2D eigenvalue weighted by Crippen LogP contribution is 2.28. The first-order chi connectivity index (χ1) is 15.6. The van der Waals surface area contributed by atoms with Crippen molar-refractivity contribution in [1.29, 1.82) is 0 Å². The quantitative estimate of drug-likeness (QED) is 0.465. The highest BCUT2D eigenvalue weighted by atomic mass is 32.1. The van der Waals surface area contributed by atoms with E-state index >= 15 is 0 Å². The molecule has 0 aliphatic heterocycles. The van der Waals surface area contributed by atoms with Crippen molar-refractivity contribution in [3.8, 4) is 11.1 Å². The van der Waals surface area contributed by atoms with Crippen molar-refractivity contribution in [3.63, 3.8) is 0 Å². The highest BCUT2D eigenvalue weighted by molar-refractivity contribution is 7.80. The van der Waals surface area contributed by atoms with Crippen molar-refractivity contribution in [1.82, 2.24) is 15.3 Å². The molecule has 0 saturated heterocycles. The first-order valence-electron chi connectivity index (χ1n) is 11.1. The molecule has 1 fully saturated rings. The van der Waals surface area contributed by atoms with E-state index in [1.807, 2.05) is 37.2 Å². The zero-order valence-electron chi connectivity index (χ0n) is 18.6. The number of nitrogens with zero attached hydrogens (tertiary/aromatic N) is 3. The van der Waals surface area contributed by atoms with E-state index in [9.17, 15) is 0 Å². The Balaban J connectivity index is 1.29. The fraction of sp³-hybridized carbons (Fsp3) is 0.320. The van der Waals surface area contributed by atoms with E-state index in [-0.39, 0.29) is 0 Å². The molecule has 3 N–H and O–H groups in total. The van der Waals surface area contributed by atoms with E-state index in [1.54, 1.807) is 6.20 Å². The van der Waals surface area contributed by atoms with Gasteiger partial charge in [0.05, 0.1) is 0 Å². The lowest BCUT2D eigenvalue weighted by Gasteiger charge is -2.30. The minimum Gasteiger partial charge on any atom is -0.363 e. The Bertz CT molecular complexity index is 1030. The fourth-order valence-electron chi connectivity index (χ4n) is 4.04. The third-order valence-corrected chi connectivity index (χ3v) is 5.97. The first kappa shape index (κ1) is 22.0. The summed E-state index contributed by atoms with van der Waals surface area (Å²) in [7, 11) is 3.97. The van der Waals surface area contributed by atoms with E-state index in [4.69, 9.17) is 12.2 Å². The lowest BCUT2D eigenvalue weighted by molar-refractivity contribution is 0.387. The molecule has 1 heterocycles. The largest absolute Gasteiger partial charge is 0.363 e. The van der Waals surface area contributed by atoms with E-state index in [0.29, 0.717) is 23.1 Å². The third-order valence-electron chi connectivity index (χ3n) is 5.75. The van der Waals surface area contributed by atoms with Gasteiger partial charge in [-0.3, -0.25) is 0 Å². The lowest BCUT2D eigenvalue weighted by atomic mass is 9.91. The zero-order valence-corrected chi connectivity index (χ0v) is 19.4. The molecule has 1 aliphatic rings. The molecular weight excluding hydrogens is 416 g/mol. The maximum Gasteiger partial charge on any atom is 0.224 e.